The van der Waals surface area contributed by atoms with Crippen molar-refractivity contribution in [2.24, 2.45) is 0 Å². The molecule has 1 aromatic rings. The molecule has 0 bridgehead atoms. The van der Waals surface area contributed by atoms with Crippen molar-refractivity contribution in [3.05, 3.63) is 33.9 Å². The number of rotatable bonds is 4. The van der Waals surface area contributed by atoms with Crippen molar-refractivity contribution in [3.8, 4) is 0 Å². The van der Waals surface area contributed by atoms with E-state index in [9.17, 15) is 14.9 Å². The van der Waals surface area contributed by atoms with E-state index in [1.807, 2.05) is 7.05 Å². The number of carbonyl (C=O) groups excluding carboxylic acids is 1. The third-order valence-electron chi connectivity index (χ3n) is 3.88. The maximum absolute atomic E-state index is 11.2. The second-order valence-corrected chi connectivity index (χ2v) is 5.29. The molecular formula is C14H19N3O3. The van der Waals surface area contributed by atoms with Crippen LogP contribution in [-0.2, 0) is 0 Å². The van der Waals surface area contributed by atoms with Gasteiger partial charge in [-0.1, -0.05) is 0 Å². The summed E-state index contributed by atoms with van der Waals surface area (Å²) < 4.78 is 0. The first-order valence-electron chi connectivity index (χ1n) is 6.68. The highest BCUT2D eigenvalue weighted by Crippen LogP contribution is 2.27. The lowest BCUT2D eigenvalue weighted by molar-refractivity contribution is -0.384. The number of carbonyl (C=O) groups is 1. The molecule has 0 radical (unpaired) electrons. The molecule has 2 rings (SSSR count). The Bertz CT molecular complexity index is 518. The Morgan fingerprint density at radius 1 is 1.50 bits per heavy atom. The van der Waals surface area contributed by atoms with Crippen LogP contribution >= 0.6 is 0 Å². The normalized spacial score (nSPS) is 19.6. The maximum Gasteiger partial charge on any atom is 0.270 e. The minimum absolute atomic E-state index is 0.0509. The second-order valence-electron chi connectivity index (χ2n) is 5.29. The van der Waals surface area contributed by atoms with Gasteiger partial charge in [0.05, 0.1) is 4.92 Å². The SMILES string of the molecule is CN1CCCC(N(C)c2ccc([N+](=O)[O-])cc2C=O)C1. The van der Waals surface area contributed by atoms with Crippen molar-refractivity contribution in [1.82, 2.24) is 4.90 Å². The Morgan fingerprint density at radius 3 is 2.85 bits per heavy atom. The lowest BCUT2D eigenvalue weighted by Crippen LogP contribution is -2.45. The fraction of sp³-hybridized carbons (Fsp3) is 0.500. The van der Waals surface area contributed by atoms with Crippen molar-refractivity contribution in [3.63, 3.8) is 0 Å². The van der Waals surface area contributed by atoms with Gasteiger partial charge in [0.2, 0.25) is 0 Å². The summed E-state index contributed by atoms with van der Waals surface area (Å²) in [4.78, 5) is 25.8. The van der Waals surface area contributed by atoms with E-state index in [0.717, 1.165) is 31.6 Å². The molecule has 0 saturated carbocycles. The summed E-state index contributed by atoms with van der Waals surface area (Å²) in [5, 5.41) is 10.8. The Hall–Kier alpha value is -1.95. The number of hydrogen-bond acceptors (Lipinski definition) is 5. The molecule has 6 nitrogen and oxygen atoms in total. The van der Waals surface area contributed by atoms with Crippen LogP contribution in [0.4, 0.5) is 11.4 Å². The van der Waals surface area contributed by atoms with Crippen molar-refractivity contribution < 1.29 is 9.72 Å². The summed E-state index contributed by atoms with van der Waals surface area (Å²) in [6.45, 7) is 2.02. The summed E-state index contributed by atoms with van der Waals surface area (Å²) in [7, 11) is 4.02. The fourth-order valence-corrected chi connectivity index (χ4v) is 2.72. The smallest absolute Gasteiger partial charge is 0.270 e. The van der Waals surface area contributed by atoms with E-state index in [4.69, 9.17) is 0 Å². The quantitative estimate of drug-likeness (QED) is 0.478. The number of hydrogen-bond donors (Lipinski definition) is 0. The maximum atomic E-state index is 11.2. The molecule has 1 aromatic carbocycles. The standard InChI is InChI=1S/C14H19N3O3/c1-15-7-3-4-13(9-15)16(2)14-6-5-12(17(19)20)8-11(14)10-18/h5-6,8,10,13H,3-4,7,9H2,1-2H3. The van der Waals surface area contributed by atoms with Gasteiger partial charge >= 0.3 is 0 Å². The number of benzene rings is 1. The van der Waals surface area contributed by atoms with Crippen LogP contribution in [0.1, 0.15) is 23.2 Å². The number of likely N-dealkylation sites (tertiary alicyclic amines) is 1. The van der Waals surface area contributed by atoms with E-state index in [0.29, 0.717) is 17.9 Å². The molecular weight excluding hydrogens is 258 g/mol. The van der Waals surface area contributed by atoms with Gasteiger partial charge in [0, 0.05) is 43.0 Å². The zero-order chi connectivity index (χ0) is 14.7. The van der Waals surface area contributed by atoms with Crippen molar-refractivity contribution in [2.45, 2.75) is 18.9 Å². The first kappa shape index (κ1) is 14.5. The molecule has 0 N–H and O–H groups in total. The number of aldehydes is 1. The van der Waals surface area contributed by atoms with Crippen LogP contribution in [-0.4, -0.2) is 49.3 Å². The molecule has 0 aromatic heterocycles. The van der Waals surface area contributed by atoms with Gasteiger partial charge in [0.1, 0.15) is 0 Å². The third kappa shape index (κ3) is 2.96. The zero-order valence-electron chi connectivity index (χ0n) is 11.8. The van der Waals surface area contributed by atoms with Crippen LogP contribution in [0.15, 0.2) is 18.2 Å². The molecule has 0 amide bonds. The number of anilines is 1. The highest BCUT2D eigenvalue weighted by molar-refractivity contribution is 5.86. The van der Waals surface area contributed by atoms with Gasteiger partial charge in [0.25, 0.3) is 5.69 Å². The highest BCUT2D eigenvalue weighted by Gasteiger charge is 2.23. The minimum atomic E-state index is -0.481. The van der Waals surface area contributed by atoms with Gasteiger partial charge in [-0.25, -0.2) is 0 Å². The lowest BCUT2D eigenvalue weighted by Gasteiger charge is -2.37. The summed E-state index contributed by atoms with van der Waals surface area (Å²) in [6.07, 6.45) is 2.87. The van der Waals surface area contributed by atoms with Gasteiger partial charge in [-0.2, -0.15) is 0 Å². The topological polar surface area (TPSA) is 66.7 Å². The average Bonchev–Trinajstić information content (AvgIpc) is 2.45. The highest BCUT2D eigenvalue weighted by atomic mass is 16.6. The largest absolute Gasteiger partial charge is 0.370 e. The number of likely N-dealkylation sites (N-methyl/N-ethyl adjacent to an activating group) is 2. The van der Waals surface area contributed by atoms with Crippen LogP contribution in [0, 0.1) is 10.1 Å². The first-order valence-corrected chi connectivity index (χ1v) is 6.68. The van der Waals surface area contributed by atoms with Crippen LogP contribution in [0.25, 0.3) is 0 Å². The summed E-state index contributed by atoms with van der Waals surface area (Å²) in [5.41, 5.74) is 1.07. The van der Waals surface area contributed by atoms with E-state index in [1.165, 1.54) is 12.1 Å². The Morgan fingerprint density at radius 2 is 2.25 bits per heavy atom. The molecule has 1 atom stereocenters. The van der Waals surface area contributed by atoms with E-state index >= 15 is 0 Å². The summed E-state index contributed by atoms with van der Waals surface area (Å²) >= 11 is 0. The van der Waals surface area contributed by atoms with Gasteiger partial charge in [-0.3, -0.25) is 14.9 Å². The van der Waals surface area contributed by atoms with Crippen LogP contribution < -0.4 is 4.90 Å². The fourth-order valence-electron chi connectivity index (χ4n) is 2.72. The first-order chi connectivity index (χ1) is 9.52. The molecule has 1 fully saturated rings. The zero-order valence-corrected chi connectivity index (χ0v) is 11.8. The van der Waals surface area contributed by atoms with Gasteiger partial charge in [-0.05, 0) is 32.5 Å². The Kier molecular flexibility index (Phi) is 4.34. The van der Waals surface area contributed by atoms with Crippen LogP contribution in [0.3, 0.4) is 0 Å². The number of nitro benzene ring substituents is 1. The predicted molar refractivity (Wildman–Crippen MR) is 77.4 cm³/mol. The van der Waals surface area contributed by atoms with Crippen LogP contribution in [0.2, 0.25) is 0 Å². The second kappa shape index (κ2) is 6.00. The molecule has 1 aliphatic heterocycles. The van der Waals surface area contributed by atoms with Crippen molar-refractivity contribution in [2.75, 3.05) is 32.1 Å². The molecule has 1 aliphatic rings. The van der Waals surface area contributed by atoms with Crippen molar-refractivity contribution in [1.29, 1.82) is 0 Å². The molecule has 6 heteroatoms. The van der Waals surface area contributed by atoms with E-state index in [2.05, 4.69) is 16.8 Å². The average molecular weight is 277 g/mol. The van der Waals surface area contributed by atoms with Crippen molar-refractivity contribution >= 4 is 17.7 Å². The molecule has 1 unspecified atom stereocenters. The van der Waals surface area contributed by atoms with E-state index < -0.39 is 4.92 Å². The number of nitrogens with zero attached hydrogens (tertiary/aromatic N) is 3. The van der Waals surface area contributed by atoms with E-state index in [-0.39, 0.29) is 5.69 Å². The molecule has 108 valence electrons. The van der Waals surface area contributed by atoms with E-state index in [1.54, 1.807) is 6.07 Å². The molecule has 1 heterocycles. The number of piperidine rings is 1. The lowest BCUT2D eigenvalue weighted by atomic mass is 10.0. The molecule has 0 aliphatic carbocycles. The minimum Gasteiger partial charge on any atom is -0.370 e. The molecule has 1 saturated heterocycles. The number of non-ortho nitro benzene ring substituents is 1. The molecule has 20 heavy (non-hydrogen) atoms. The predicted octanol–water partition coefficient (Wildman–Crippen LogP) is 1.94. The summed E-state index contributed by atoms with van der Waals surface area (Å²) in [5.74, 6) is 0. The van der Waals surface area contributed by atoms with Gasteiger partial charge in [0.15, 0.2) is 6.29 Å². The summed E-state index contributed by atoms with van der Waals surface area (Å²) in [6, 6.07) is 4.78. The van der Waals surface area contributed by atoms with Gasteiger partial charge < -0.3 is 9.80 Å². The molecule has 0 spiro atoms. The van der Waals surface area contributed by atoms with Crippen LogP contribution in [0.5, 0.6) is 0 Å². The Balaban J connectivity index is 2.26. The third-order valence-corrected chi connectivity index (χ3v) is 3.88. The number of nitro groups is 1. The van der Waals surface area contributed by atoms with Gasteiger partial charge in [-0.15, -0.1) is 0 Å². The Labute approximate surface area is 118 Å². The monoisotopic (exact) mass is 277 g/mol.